The first-order valence-electron chi connectivity index (χ1n) is 8.64. The molecule has 0 fully saturated rings. The molecule has 0 unspecified atom stereocenters. The summed E-state index contributed by atoms with van der Waals surface area (Å²) in [4.78, 5) is 0. The minimum absolute atomic E-state index is 0.0344. The summed E-state index contributed by atoms with van der Waals surface area (Å²) in [5.74, 6) is 1.71. The molecule has 4 heteroatoms. The van der Waals surface area contributed by atoms with E-state index < -0.39 is 0 Å². The predicted molar refractivity (Wildman–Crippen MR) is 109 cm³/mol. The normalized spacial score (nSPS) is 12.7. The molecular formula is C22H20BNO2. The number of anilines is 1. The third-order valence-corrected chi connectivity index (χ3v) is 4.71. The van der Waals surface area contributed by atoms with Crippen molar-refractivity contribution in [2.24, 2.45) is 0 Å². The highest BCUT2D eigenvalue weighted by Crippen LogP contribution is 2.32. The molecule has 0 bridgehead atoms. The lowest BCUT2D eigenvalue weighted by atomic mass is 9.47. The lowest BCUT2D eigenvalue weighted by molar-refractivity contribution is 0.414. The van der Waals surface area contributed by atoms with Crippen LogP contribution in [-0.2, 0) is 0 Å². The van der Waals surface area contributed by atoms with E-state index in [0.29, 0.717) is 0 Å². The number of hydrogen-bond donors (Lipinski definition) is 1. The van der Waals surface area contributed by atoms with Crippen LogP contribution >= 0.6 is 0 Å². The minimum Gasteiger partial charge on any atom is -0.497 e. The Morgan fingerprint density at radius 1 is 0.769 bits per heavy atom. The quantitative estimate of drug-likeness (QED) is 0.725. The van der Waals surface area contributed by atoms with Crippen molar-refractivity contribution < 1.29 is 9.47 Å². The van der Waals surface area contributed by atoms with Crippen molar-refractivity contribution in [1.29, 1.82) is 0 Å². The lowest BCUT2D eigenvalue weighted by Gasteiger charge is -2.26. The van der Waals surface area contributed by atoms with Crippen LogP contribution in [0.2, 0.25) is 0 Å². The number of hydrogen-bond acceptors (Lipinski definition) is 3. The van der Waals surface area contributed by atoms with Gasteiger partial charge >= 0.3 is 6.85 Å². The lowest BCUT2D eigenvalue weighted by Crippen LogP contribution is -2.41. The van der Waals surface area contributed by atoms with E-state index in [9.17, 15) is 0 Å². The molecule has 128 valence electrons. The maximum absolute atomic E-state index is 5.43. The molecule has 3 nitrogen and oxygen atoms in total. The number of benzene rings is 3. The van der Waals surface area contributed by atoms with Crippen LogP contribution in [0, 0.1) is 0 Å². The molecule has 1 N–H and O–H groups in total. The van der Waals surface area contributed by atoms with Crippen molar-refractivity contribution >= 4 is 29.5 Å². The summed E-state index contributed by atoms with van der Waals surface area (Å²) in [5.41, 5.74) is 5.82. The van der Waals surface area contributed by atoms with Gasteiger partial charge in [0, 0.05) is 5.69 Å². The Balaban J connectivity index is 1.85. The van der Waals surface area contributed by atoms with Crippen LogP contribution in [0.15, 0.2) is 72.8 Å². The van der Waals surface area contributed by atoms with E-state index in [0.717, 1.165) is 28.2 Å². The monoisotopic (exact) mass is 341 g/mol. The summed E-state index contributed by atoms with van der Waals surface area (Å²) in [6.07, 6.45) is 2.25. The molecule has 1 aliphatic heterocycles. The standard InChI is InChI=1S/C22H20BNO2/c1-25-19-10-5-8-16(13-19)21-14-17-7-3-4-12-22(17)24-23(21)18-9-6-11-20(15-18)26-2/h3-15,24H,1-2H3. The van der Waals surface area contributed by atoms with E-state index in [1.54, 1.807) is 14.2 Å². The Bertz CT molecular complexity index is 968. The van der Waals surface area contributed by atoms with Crippen LogP contribution in [0.25, 0.3) is 11.5 Å². The van der Waals surface area contributed by atoms with Gasteiger partial charge in [0.2, 0.25) is 0 Å². The maximum atomic E-state index is 5.43. The highest BCUT2D eigenvalue weighted by molar-refractivity contribution is 6.93. The number of rotatable bonds is 4. The molecule has 0 amide bonds. The number of para-hydroxylation sites is 1. The molecule has 3 aromatic carbocycles. The molecule has 0 aliphatic carbocycles. The summed E-state index contributed by atoms with van der Waals surface area (Å²) in [7, 11) is 3.39. The molecule has 1 aliphatic rings. The average molecular weight is 341 g/mol. The van der Waals surface area contributed by atoms with Crippen LogP contribution in [-0.4, -0.2) is 21.1 Å². The first-order valence-corrected chi connectivity index (χ1v) is 8.64. The predicted octanol–water partition coefficient (Wildman–Crippen LogP) is 4.11. The molecule has 26 heavy (non-hydrogen) atoms. The first-order chi connectivity index (χ1) is 12.8. The molecule has 0 aromatic heterocycles. The fourth-order valence-electron chi connectivity index (χ4n) is 3.38. The van der Waals surface area contributed by atoms with Crippen molar-refractivity contribution in [2.45, 2.75) is 0 Å². The van der Waals surface area contributed by atoms with Gasteiger partial charge in [-0.2, -0.15) is 0 Å². The Kier molecular flexibility index (Phi) is 4.40. The second-order valence-electron chi connectivity index (χ2n) is 6.27. The van der Waals surface area contributed by atoms with Crippen molar-refractivity contribution in [3.8, 4) is 11.5 Å². The molecular weight excluding hydrogens is 321 g/mol. The van der Waals surface area contributed by atoms with Gasteiger partial charge in [0.15, 0.2) is 0 Å². The van der Waals surface area contributed by atoms with Gasteiger partial charge in [-0.25, -0.2) is 0 Å². The molecule has 0 atom stereocenters. The van der Waals surface area contributed by atoms with Crippen molar-refractivity contribution in [1.82, 2.24) is 0 Å². The molecule has 0 radical (unpaired) electrons. The summed E-state index contributed by atoms with van der Waals surface area (Å²) in [6.45, 7) is 0.0344. The fourth-order valence-corrected chi connectivity index (χ4v) is 3.38. The Morgan fingerprint density at radius 2 is 1.50 bits per heavy atom. The Labute approximate surface area is 154 Å². The van der Waals surface area contributed by atoms with Crippen molar-refractivity contribution in [3.63, 3.8) is 0 Å². The van der Waals surface area contributed by atoms with Crippen molar-refractivity contribution in [2.75, 3.05) is 19.4 Å². The third-order valence-electron chi connectivity index (χ3n) is 4.71. The van der Waals surface area contributed by atoms with Gasteiger partial charge in [-0.05, 0) is 52.4 Å². The second-order valence-corrected chi connectivity index (χ2v) is 6.27. The van der Waals surface area contributed by atoms with E-state index >= 15 is 0 Å². The Morgan fingerprint density at radius 3 is 2.31 bits per heavy atom. The highest BCUT2D eigenvalue weighted by atomic mass is 16.5. The van der Waals surface area contributed by atoms with E-state index in [4.69, 9.17) is 9.47 Å². The SMILES string of the molecule is COc1cccc(B2Nc3ccccc3C=C2c2cccc(OC)c2)c1. The zero-order chi connectivity index (χ0) is 17.9. The smallest absolute Gasteiger partial charge is 0.321 e. The summed E-state index contributed by atoms with van der Waals surface area (Å²) < 4.78 is 10.9. The number of nitrogens with one attached hydrogen (secondary N) is 1. The zero-order valence-electron chi connectivity index (χ0n) is 14.9. The van der Waals surface area contributed by atoms with Crippen LogP contribution in [0.3, 0.4) is 0 Å². The number of ether oxygens (including phenoxy) is 2. The van der Waals surface area contributed by atoms with Crippen LogP contribution in [0.1, 0.15) is 11.1 Å². The van der Waals surface area contributed by atoms with Crippen LogP contribution < -0.4 is 20.2 Å². The largest absolute Gasteiger partial charge is 0.497 e. The minimum atomic E-state index is 0.0344. The first kappa shape index (κ1) is 16.3. The summed E-state index contributed by atoms with van der Waals surface area (Å²) in [6, 6.07) is 24.8. The highest BCUT2D eigenvalue weighted by Gasteiger charge is 2.28. The summed E-state index contributed by atoms with van der Waals surface area (Å²) in [5, 5.41) is 3.69. The summed E-state index contributed by atoms with van der Waals surface area (Å²) >= 11 is 0. The van der Waals surface area contributed by atoms with Gasteiger partial charge in [0.05, 0.1) is 14.2 Å². The van der Waals surface area contributed by atoms with Gasteiger partial charge in [0.1, 0.15) is 11.5 Å². The third kappa shape index (κ3) is 3.06. The van der Waals surface area contributed by atoms with Crippen molar-refractivity contribution in [3.05, 3.63) is 83.9 Å². The topological polar surface area (TPSA) is 30.5 Å². The van der Waals surface area contributed by atoms with Gasteiger partial charge in [0.25, 0.3) is 0 Å². The van der Waals surface area contributed by atoms with Gasteiger partial charge in [-0.3, -0.25) is 0 Å². The molecule has 3 aromatic rings. The van der Waals surface area contributed by atoms with E-state index in [1.165, 1.54) is 11.0 Å². The van der Waals surface area contributed by atoms with Gasteiger partial charge in [-0.15, -0.1) is 0 Å². The molecule has 0 spiro atoms. The molecule has 4 rings (SSSR count). The molecule has 0 saturated heterocycles. The number of methoxy groups -OCH3 is 2. The van der Waals surface area contributed by atoms with E-state index in [1.807, 2.05) is 24.3 Å². The molecule has 1 heterocycles. The van der Waals surface area contributed by atoms with Crippen LogP contribution in [0.5, 0.6) is 11.5 Å². The van der Waals surface area contributed by atoms with E-state index in [2.05, 4.69) is 59.8 Å². The van der Waals surface area contributed by atoms with Gasteiger partial charge < -0.3 is 14.7 Å². The number of fused-ring (bicyclic) bond motifs is 1. The fraction of sp³-hybridized carbons (Fsp3) is 0.0909. The Hall–Kier alpha value is -3.14. The van der Waals surface area contributed by atoms with Crippen LogP contribution in [0.4, 0.5) is 5.69 Å². The second kappa shape index (κ2) is 7.00. The maximum Gasteiger partial charge on any atom is 0.321 e. The zero-order valence-corrected chi connectivity index (χ0v) is 14.9. The average Bonchev–Trinajstić information content (AvgIpc) is 2.73. The van der Waals surface area contributed by atoms with E-state index in [-0.39, 0.29) is 6.85 Å². The van der Waals surface area contributed by atoms with Gasteiger partial charge in [-0.1, -0.05) is 48.5 Å². The molecule has 0 saturated carbocycles.